The van der Waals surface area contributed by atoms with Crippen molar-refractivity contribution in [1.82, 2.24) is 0 Å². The summed E-state index contributed by atoms with van der Waals surface area (Å²) in [5.74, 6) is -0.604. The summed E-state index contributed by atoms with van der Waals surface area (Å²) in [6.07, 6.45) is 0. The molecule has 19 heavy (non-hydrogen) atoms. The maximum absolute atomic E-state index is 13.4. The average molecular weight is 342 g/mol. The van der Waals surface area contributed by atoms with E-state index in [1.54, 1.807) is 19.1 Å². The van der Waals surface area contributed by atoms with Crippen LogP contribution < -0.4 is 0 Å². The predicted molar refractivity (Wildman–Crippen MR) is 78.5 cm³/mol. The number of ketones is 1. The first kappa shape index (κ1) is 14.2. The van der Waals surface area contributed by atoms with Gasteiger partial charge in [-0.3, -0.25) is 4.79 Å². The summed E-state index contributed by atoms with van der Waals surface area (Å²) in [6, 6.07) is 8.05. The van der Waals surface area contributed by atoms with Crippen LogP contribution in [0, 0.1) is 19.7 Å². The predicted octanol–water partition coefficient (Wildman–Crippen LogP) is 5.09. The molecule has 0 saturated heterocycles. The highest BCUT2D eigenvalue weighted by Gasteiger charge is 2.16. The monoisotopic (exact) mass is 340 g/mol. The second kappa shape index (κ2) is 5.43. The van der Waals surface area contributed by atoms with Crippen LogP contribution in [0.25, 0.3) is 0 Å². The second-order valence-corrected chi connectivity index (χ2v) is 5.69. The minimum Gasteiger partial charge on any atom is -0.289 e. The molecule has 2 aromatic rings. The number of hydrogen-bond acceptors (Lipinski definition) is 1. The fraction of sp³-hybridized carbons (Fsp3) is 0.133. The first-order chi connectivity index (χ1) is 8.90. The highest BCUT2D eigenvalue weighted by atomic mass is 79.9. The first-order valence-corrected chi connectivity index (χ1v) is 6.83. The first-order valence-electron chi connectivity index (χ1n) is 5.66. The third-order valence-electron chi connectivity index (χ3n) is 2.93. The van der Waals surface area contributed by atoms with Gasteiger partial charge in [0.1, 0.15) is 5.82 Å². The SMILES string of the molecule is Cc1cc(C(=O)c2ccc(Br)cc2C)c(Cl)cc1F. The van der Waals surface area contributed by atoms with Crippen molar-refractivity contribution in [2.75, 3.05) is 0 Å². The standard InChI is InChI=1S/C15H11BrClFO/c1-8-5-10(16)3-4-11(8)15(19)12-6-9(2)14(18)7-13(12)17/h3-7H,1-2H3. The fourth-order valence-electron chi connectivity index (χ4n) is 1.86. The summed E-state index contributed by atoms with van der Waals surface area (Å²) in [5, 5.41) is 0.135. The highest BCUT2D eigenvalue weighted by molar-refractivity contribution is 9.10. The highest BCUT2D eigenvalue weighted by Crippen LogP contribution is 2.25. The molecule has 0 aromatic heterocycles. The average Bonchev–Trinajstić information content (AvgIpc) is 2.33. The van der Waals surface area contributed by atoms with Crippen LogP contribution in [0.2, 0.25) is 5.02 Å². The maximum Gasteiger partial charge on any atom is 0.194 e. The van der Waals surface area contributed by atoms with Crippen molar-refractivity contribution in [3.63, 3.8) is 0 Å². The van der Waals surface area contributed by atoms with Gasteiger partial charge in [0.2, 0.25) is 0 Å². The van der Waals surface area contributed by atoms with Gasteiger partial charge in [-0.1, -0.05) is 27.5 Å². The van der Waals surface area contributed by atoms with Crippen LogP contribution in [0.1, 0.15) is 27.0 Å². The number of rotatable bonds is 2. The minimum atomic E-state index is -0.408. The Kier molecular flexibility index (Phi) is 4.07. The van der Waals surface area contributed by atoms with E-state index in [2.05, 4.69) is 15.9 Å². The molecule has 2 rings (SSSR count). The van der Waals surface area contributed by atoms with Crippen LogP contribution in [-0.2, 0) is 0 Å². The van der Waals surface area contributed by atoms with E-state index in [-0.39, 0.29) is 10.8 Å². The Hall–Kier alpha value is -1.19. The molecule has 98 valence electrons. The molecule has 1 nitrogen and oxygen atoms in total. The Labute approximate surface area is 124 Å². The van der Waals surface area contributed by atoms with Gasteiger partial charge in [-0.05, 0) is 55.3 Å². The van der Waals surface area contributed by atoms with Gasteiger partial charge < -0.3 is 0 Å². The van der Waals surface area contributed by atoms with Gasteiger partial charge >= 0.3 is 0 Å². The molecular weight excluding hydrogens is 331 g/mol. The summed E-state index contributed by atoms with van der Waals surface area (Å²) in [6.45, 7) is 3.46. The van der Waals surface area contributed by atoms with Crippen LogP contribution in [0.15, 0.2) is 34.8 Å². The van der Waals surface area contributed by atoms with Gasteiger partial charge in [0.05, 0.1) is 5.02 Å². The topological polar surface area (TPSA) is 17.1 Å². The molecular formula is C15H11BrClFO. The van der Waals surface area contributed by atoms with E-state index < -0.39 is 5.82 Å². The van der Waals surface area contributed by atoms with Crippen molar-refractivity contribution in [1.29, 1.82) is 0 Å². The van der Waals surface area contributed by atoms with Gasteiger partial charge in [-0.15, -0.1) is 0 Å². The molecule has 0 heterocycles. The van der Waals surface area contributed by atoms with Crippen molar-refractivity contribution in [3.05, 3.63) is 67.9 Å². The quantitative estimate of drug-likeness (QED) is 0.695. The van der Waals surface area contributed by atoms with Crippen LogP contribution >= 0.6 is 27.5 Å². The zero-order valence-corrected chi connectivity index (χ0v) is 12.8. The largest absolute Gasteiger partial charge is 0.289 e. The van der Waals surface area contributed by atoms with Crippen molar-refractivity contribution in [2.24, 2.45) is 0 Å². The Morgan fingerprint density at radius 2 is 1.79 bits per heavy atom. The normalized spacial score (nSPS) is 10.6. The van der Waals surface area contributed by atoms with E-state index in [0.717, 1.165) is 10.0 Å². The van der Waals surface area contributed by atoms with E-state index in [4.69, 9.17) is 11.6 Å². The molecule has 2 aromatic carbocycles. The molecule has 0 radical (unpaired) electrons. The summed E-state index contributed by atoms with van der Waals surface area (Å²) >= 11 is 9.31. The van der Waals surface area contributed by atoms with Crippen molar-refractivity contribution < 1.29 is 9.18 Å². The lowest BCUT2D eigenvalue weighted by Crippen LogP contribution is -2.05. The number of carbonyl (C=O) groups is 1. The van der Waals surface area contributed by atoms with Crippen LogP contribution in [0.3, 0.4) is 0 Å². The summed E-state index contributed by atoms with van der Waals surface area (Å²) in [5.41, 5.74) is 2.14. The molecule has 0 fully saturated rings. The number of carbonyl (C=O) groups excluding carboxylic acids is 1. The van der Waals surface area contributed by atoms with E-state index >= 15 is 0 Å². The Balaban J connectivity index is 2.53. The Morgan fingerprint density at radius 1 is 1.11 bits per heavy atom. The lowest BCUT2D eigenvalue weighted by molar-refractivity contribution is 0.103. The molecule has 4 heteroatoms. The van der Waals surface area contributed by atoms with Gasteiger partial charge in [0.15, 0.2) is 5.78 Å². The summed E-state index contributed by atoms with van der Waals surface area (Å²) < 4.78 is 14.3. The van der Waals surface area contributed by atoms with Gasteiger partial charge in [-0.25, -0.2) is 4.39 Å². The number of aryl methyl sites for hydroxylation is 2. The van der Waals surface area contributed by atoms with Crippen LogP contribution in [-0.4, -0.2) is 5.78 Å². The van der Waals surface area contributed by atoms with Gasteiger partial charge in [0, 0.05) is 15.6 Å². The molecule has 0 atom stereocenters. The number of benzene rings is 2. The number of halogens is 3. The van der Waals surface area contributed by atoms with Gasteiger partial charge in [-0.2, -0.15) is 0 Å². The second-order valence-electron chi connectivity index (χ2n) is 4.37. The molecule has 0 spiro atoms. The zero-order chi connectivity index (χ0) is 14.2. The molecule has 0 aliphatic heterocycles. The maximum atomic E-state index is 13.4. The van der Waals surface area contributed by atoms with Crippen LogP contribution in [0.5, 0.6) is 0 Å². The lowest BCUT2D eigenvalue weighted by atomic mass is 9.98. The fourth-order valence-corrected chi connectivity index (χ4v) is 2.57. The lowest BCUT2D eigenvalue weighted by Gasteiger charge is -2.08. The zero-order valence-electron chi connectivity index (χ0n) is 10.4. The molecule has 0 bridgehead atoms. The molecule has 0 N–H and O–H groups in total. The third-order valence-corrected chi connectivity index (χ3v) is 3.73. The van der Waals surface area contributed by atoms with Crippen molar-refractivity contribution >= 4 is 33.3 Å². The Bertz CT molecular complexity index is 667. The van der Waals surface area contributed by atoms with Crippen LogP contribution in [0.4, 0.5) is 4.39 Å². The molecule has 0 amide bonds. The van der Waals surface area contributed by atoms with Crippen molar-refractivity contribution in [3.8, 4) is 0 Å². The van der Waals surface area contributed by atoms with E-state index in [9.17, 15) is 9.18 Å². The molecule has 0 aliphatic carbocycles. The van der Waals surface area contributed by atoms with E-state index in [0.29, 0.717) is 16.7 Å². The number of hydrogen-bond donors (Lipinski definition) is 0. The summed E-state index contributed by atoms with van der Waals surface area (Å²) in [7, 11) is 0. The molecule has 0 saturated carbocycles. The van der Waals surface area contributed by atoms with E-state index in [1.165, 1.54) is 12.1 Å². The smallest absolute Gasteiger partial charge is 0.194 e. The van der Waals surface area contributed by atoms with Gasteiger partial charge in [0.25, 0.3) is 0 Å². The minimum absolute atomic E-state index is 0.135. The molecule has 0 aliphatic rings. The Morgan fingerprint density at radius 3 is 2.42 bits per heavy atom. The third kappa shape index (κ3) is 2.88. The van der Waals surface area contributed by atoms with E-state index in [1.807, 2.05) is 13.0 Å². The molecule has 0 unspecified atom stereocenters. The summed E-state index contributed by atoms with van der Waals surface area (Å²) in [4.78, 5) is 12.4. The van der Waals surface area contributed by atoms with Crippen molar-refractivity contribution in [2.45, 2.75) is 13.8 Å².